The predicted octanol–water partition coefficient (Wildman–Crippen LogP) is 3.82. The minimum absolute atomic E-state index is 0.0534. The molecule has 0 atom stereocenters. The third-order valence-electron chi connectivity index (χ3n) is 4.95. The molecule has 6 nitrogen and oxygen atoms in total. The summed E-state index contributed by atoms with van der Waals surface area (Å²) in [7, 11) is 0. The van der Waals surface area contributed by atoms with Crippen molar-refractivity contribution in [1.82, 2.24) is 14.0 Å². The van der Waals surface area contributed by atoms with Gasteiger partial charge in [0.1, 0.15) is 0 Å². The second-order valence-corrected chi connectivity index (χ2v) is 6.99. The molecule has 0 bridgehead atoms. The van der Waals surface area contributed by atoms with Crippen molar-refractivity contribution >= 4 is 5.78 Å². The molecule has 0 aliphatic carbocycles. The fourth-order valence-corrected chi connectivity index (χ4v) is 3.46. The highest BCUT2D eigenvalue weighted by molar-refractivity contribution is 5.65. The number of hydrogen-bond acceptors (Lipinski definition) is 4. The number of fused-ring (bicyclic) bond motifs is 2. The molecule has 0 N–H and O–H groups in total. The standard InChI is InChI=1S/C21H25N3O3/c1-3-4-5-9-23-15(2)12-20(25)24-14-17(22-21(23)24)16-7-8-18-19(13-16)27-11-6-10-26-18/h7-8,12-14H,3-6,9-11H2,1-2H3. The highest BCUT2D eigenvalue weighted by Gasteiger charge is 2.15. The second-order valence-electron chi connectivity index (χ2n) is 6.99. The molecule has 0 radical (unpaired) electrons. The largest absolute Gasteiger partial charge is 0.490 e. The van der Waals surface area contributed by atoms with E-state index >= 15 is 0 Å². The molecule has 4 rings (SSSR count). The third kappa shape index (κ3) is 3.44. The maximum atomic E-state index is 12.5. The van der Waals surface area contributed by atoms with Crippen molar-refractivity contribution in [3.63, 3.8) is 0 Å². The first kappa shape index (κ1) is 17.6. The molecule has 0 fully saturated rings. The smallest absolute Gasteiger partial charge is 0.259 e. The molecule has 1 aromatic carbocycles. The quantitative estimate of drug-likeness (QED) is 0.643. The van der Waals surface area contributed by atoms with Crippen LogP contribution in [0.5, 0.6) is 11.5 Å². The molecule has 0 amide bonds. The van der Waals surface area contributed by atoms with Gasteiger partial charge in [-0.05, 0) is 31.5 Å². The van der Waals surface area contributed by atoms with Gasteiger partial charge in [0.2, 0.25) is 5.78 Å². The summed E-state index contributed by atoms with van der Waals surface area (Å²) in [6, 6.07) is 7.51. The van der Waals surface area contributed by atoms with Crippen LogP contribution in [0.2, 0.25) is 0 Å². The molecule has 27 heavy (non-hydrogen) atoms. The molecular weight excluding hydrogens is 342 g/mol. The average Bonchev–Trinajstić information content (AvgIpc) is 2.97. The van der Waals surface area contributed by atoms with Crippen molar-refractivity contribution in [3.05, 3.63) is 46.5 Å². The van der Waals surface area contributed by atoms with E-state index in [0.29, 0.717) is 19.0 Å². The van der Waals surface area contributed by atoms with E-state index in [4.69, 9.17) is 14.5 Å². The molecule has 3 aromatic rings. The summed E-state index contributed by atoms with van der Waals surface area (Å²) >= 11 is 0. The monoisotopic (exact) mass is 367 g/mol. The van der Waals surface area contributed by atoms with Crippen molar-refractivity contribution in [2.24, 2.45) is 0 Å². The first-order chi connectivity index (χ1) is 13.2. The molecule has 1 aliphatic rings. The summed E-state index contributed by atoms with van der Waals surface area (Å²) in [5.41, 5.74) is 2.57. The van der Waals surface area contributed by atoms with Crippen molar-refractivity contribution in [3.8, 4) is 22.8 Å². The predicted molar refractivity (Wildman–Crippen MR) is 105 cm³/mol. The van der Waals surface area contributed by atoms with Gasteiger partial charge in [-0.3, -0.25) is 9.20 Å². The van der Waals surface area contributed by atoms with Crippen LogP contribution in [0.4, 0.5) is 0 Å². The summed E-state index contributed by atoms with van der Waals surface area (Å²) in [6.07, 6.45) is 6.07. The summed E-state index contributed by atoms with van der Waals surface area (Å²) in [4.78, 5) is 17.3. The number of hydrogen-bond donors (Lipinski definition) is 0. The van der Waals surface area contributed by atoms with Crippen molar-refractivity contribution < 1.29 is 9.47 Å². The molecule has 3 heterocycles. The lowest BCUT2D eigenvalue weighted by molar-refractivity contribution is 0.297. The molecule has 2 aromatic heterocycles. The number of aryl methyl sites for hydroxylation is 2. The Labute approximate surface area is 158 Å². The van der Waals surface area contributed by atoms with Gasteiger partial charge in [0.15, 0.2) is 11.5 Å². The van der Waals surface area contributed by atoms with Gasteiger partial charge < -0.3 is 14.0 Å². The minimum atomic E-state index is -0.0534. The van der Waals surface area contributed by atoms with Crippen LogP contribution in [0, 0.1) is 6.92 Å². The summed E-state index contributed by atoms with van der Waals surface area (Å²) in [5.74, 6) is 2.18. The first-order valence-electron chi connectivity index (χ1n) is 9.67. The van der Waals surface area contributed by atoms with Gasteiger partial charge in [-0.25, -0.2) is 4.98 Å². The molecular formula is C21H25N3O3. The van der Waals surface area contributed by atoms with E-state index in [0.717, 1.165) is 60.7 Å². The normalized spacial score (nSPS) is 13.7. The average molecular weight is 367 g/mol. The van der Waals surface area contributed by atoms with Crippen molar-refractivity contribution in [1.29, 1.82) is 0 Å². The Hall–Kier alpha value is -2.76. The zero-order chi connectivity index (χ0) is 18.8. The maximum absolute atomic E-state index is 12.5. The number of imidazole rings is 1. The van der Waals surface area contributed by atoms with E-state index < -0.39 is 0 Å². The molecule has 1 aliphatic heterocycles. The molecule has 0 saturated heterocycles. The van der Waals surface area contributed by atoms with Gasteiger partial charge in [-0.2, -0.15) is 0 Å². The SMILES string of the molecule is CCCCCn1c(C)cc(=O)n2cc(-c3ccc4c(c3)OCCCO4)nc12. The fraction of sp³-hybridized carbons (Fsp3) is 0.429. The zero-order valence-electron chi connectivity index (χ0n) is 15.9. The van der Waals surface area contributed by atoms with E-state index in [1.807, 2.05) is 31.3 Å². The topological polar surface area (TPSA) is 57.8 Å². The molecule has 6 heteroatoms. The number of benzene rings is 1. The Morgan fingerprint density at radius 1 is 1.11 bits per heavy atom. The fourth-order valence-electron chi connectivity index (χ4n) is 3.46. The minimum Gasteiger partial charge on any atom is -0.490 e. The molecule has 142 valence electrons. The summed E-state index contributed by atoms with van der Waals surface area (Å²) in [6.45, 7) is 6.32. The van der Waals surface area contributed by atoms with Gasteiger partial charge in [-0.1, -0.05) is 19.8 Å². The molecule has 0 unspecified atom stereocenters. The third-order valence-corrected chi connectivity index (χ3v) is 4.95. The lowest BCUT2D eigenvalue weighted by Gasteiger charge is -2.11. The summed E-state index contributed by atoms with van der Waals surface area (Å²) < 4.78 is 15.3. The first-order valence-corrected chi connectivity index (χ1v) is 9.67. The lowest BCUT2D eigenvalue weighted by Crippen LogP contribution is -2.18. The van der Waals surface area contributed by atoms with E-state index in [1.54, 1.807) is 10.5 Å². The Balaban J connectivity index is 1.77. The van der Waals surface area contributed by atoms with Crippen LogP contribution in [0.1, 0.15) is 38.3 Å². The van der Waals surface area contributed by atoms with Gasteiger partial charge >= 0.3 is 0 Å². The number of ether oxygens (including phenoxy) is 2. The van der Waals surface area contributed by atoms with E-state index in [1.165, 1.54) is 0 Å². The molecule has 0 saturated carbocycles. The van der Waals surface area contributed by atoms with Crippen LogP contribution in [-0.4, -0.2) is 27.2 Å². The highest BCUT2D eigenvalue weighted by atomic mass is 16.5. The van der Waals surface area contributed by atoms with Crippen molar-refractivity contribution in [2.75, 3.05) is 13.2 Å². The van der Waals surface area contributed by atoms with Crippen LogP contribution in [-0.2, 0) is 6.54 Å². The van der Waals surface area contributed by atoms with E-state index in [9.17, 15) is 4.79 Å². The van der Waals surface area contributed by atoms with Crippen molar-refractivity contribution in [2.45, 2.75) is 46.1 Å². The highest BCUT2D eigenvalue weighted by Crippen LogP contribution is 2.33. The van der Waals surface area contributed by atoms with Gasteiger partial charge in [0.05, 0.1) is 18.9 Å². The Kier molecular flexibility index (Phi) is 4.88. The van der Waals surface area contributed by atoms with Gasteiger partial charge in [-0.15, -0.1) is 0 Å². The number of aromatic nitrogens is 3. The maximum Gasteiger partial charge on any atom is 0.259 e. The van der Waals surface area contributed by atoms with Gasteiger partial charge in [0.25, 0.3) is 5.56 Å². The lowest BCUT2D eigenvalue weighted by atomic mass is 10.1. The van der Waals surface area contributed by atoms with Crippen LogP contribution in [0.25, 0.3) is 17.0 Å². The van der Waals surface area contributed by atoms with Gasteiger partial charge in [0, 0.05) is 36.5 Å². The Morgan fingerprint density at radius 3 is 2.74 bits per heavy atom. The number of nitrogens with zero attached hydrogens (tertiary/aromatic N) is 3. The number of rotatable bonds is 5. The molecule has 0 spiro atoms. The Morgan fingerprint density at radius 2 is 1.93 bits per heavy atom. The van der Waals surface area contributed by atoms with Crippen LogP contribution >= 0.6 is 0 Å². The van der Waals surface area contributed by atoms with Crippen LogP contribution in [0.3, 0.4) is 0 Å². The second kappa shape index (κ2) is 7.47. The van der Waals surface area contributed by atoms with Crippen LogP contribution < -0.4 is 15.0 Å². The van der Waals surface area contributed by atoms with E-state index in [2.05, 4.69) is 11.5 Å². The Bertz CT molecular complexity index is 1020. The van der Waals surface area contributed by atoms with Crippen LogP contribution in [0.15, 0.2) is 35.3 Å². The zero-order valence-corrected chi connectivity index (χ0v) is 15.9. The van der Waals surface area contributed by atoms with E-state index in [-0.39, 0.29) is 5.56 Å². The number of unbranched alkanes of at least 4 members (excludes halogenated alkanes) is 2. The summed E-state index contributed by atoms with van der Waals surface area (Å²) in [5, 5.41) is 0.